The van der Waals surface area contributed by atoms with E-state index < -0.39 is 0 Å². The van der Waals surface area contributed by atoms with Crippen molar-refractivity contribution in [3.8, 4) is 0 Å². The third kappa shape index (κ3) is 8.84. The molecule has 0 saturated heterocycles. The summed E-state index contributed by atoms with van der Waals surface area (Å²) in [5.74, 6) is 0. The Kier molecular flexibility index (Phi) is 125. The molecule has 0 aromatic rings. The Morgan fingerprint density at radius 3 is 1.25 bits per heavy atom. The smallest absolute Gasteiger partial charge is 1.00 e. The van der Waals surface area contributed by atoms with Crippen LogP contribution in [0, 0.1) is 0 Å². The molecular weight excluding hydrogens is 162 g/mol. The van der Waals surface area contributed by atoms with Crippen molar-refractivity contribution in [2.45, 2.75) is 0 Å². The molecule has 4 radical (unpaired) electrons. The van der Waals surface area contributed by atoms with E-state index in [0.29, 0.717) is 0 Å². The van der Waals surface area contributed by atoms with E-state index in [9.17, 15) is 0 Å². The largest absolute Gasteiger partial charge is 2.00 e. The van der Waals surface area contributed by atoms with Crippen LogP contribution >= 0.6 is 0 Å². The molecule has 0 nitrogen and oxygen atoms in total. The first kappa shape index (κ1) is 29.2. The first-order chi connectivity index (χ1) is 0. The second-order valence-corrected chi connectivity index (χ2v) is 0. The number of hydrogen-bond acceptors (Lipinski definition) is 0. The van der Waals surface area contributed by atoms with Crippen LogP contribution in [0.15, 0.2) is 0 Å². The molecule has 0 rings (SSSR count). The zero-order valence-corrected chi connectivity index (χ0v) is 9.91. The van der Waals surface area contributed by atoms with Crippen molar-refractivity contribution in [1.82, 2.24) is 0 Å². The van der Waals surface area contributed by atoms with Gasteiger partial charge in [0.2, 0.25) is 0 Å². The molecule has 0 aromatic heterocycles. The molecule has 0 N–H and O–H groups in total. The zero-order chi connectivity index (χ0) is 0. The summed E-state index contributed by atoms with van der Waals surface area (Å²) in [6.45, 7) is 0. The molecule has 0 amide bonds. The maximum Gasteiger partial charge on any atom is 2.00 e. The molecule has 0 atom stereocenters. The van der Waals surface area contributed by atoms with Gasteiger partial charge in [-0.2, -0.15) is 0 Å². The van der Waals surface area contributed by atoms with Crippen molar-refractivity contribution in [1.29, 1.82) is 0 Å². The monoisotopic (exact) mass is 162 g/mol. The zero-order valence-electron chi connectivity index (χ0n) is 4.57. The van der Waals surface area contributed by atoms with Crippen LogP contribution in [0.25, 0.3) is 0 Å². The summed E-state index contributed by atoms with van der Waals surface area (Å²) in [6, 6.07) is 0. The second-order valence-electron chi connectivity index (χ2n) is 0. The minimum Gasteiger partial charge on any atom is -1.00 e. The minimum atomic E-state index is 0. The van der Waals surface area contributed by atoms with Crippen molar-refractivity contribution in [3.63, 3.8) is 0 Å². The molecule has 0 aliphatic heterocycles. The van der Waals surface area contributed by atoms with Gasteiger partial charge in [-0.3, -0.25) is 0 Å². The Morgan fingerprint density at radius 1 is 1.25 bits per heavy atom. The molecule has 4 heteroatoms. The molecule has 0 saturated carbocycles. The molecule has 12 valence electrons. The molecule has 0 spiro atoms. The van der Waals surface area contributed by atoms with E-state index in [1.165, 1.54) is 0 Å². The van der Waals surface area contributed by atoms with Crippen molar-refractivity contribution < 1.29 is 48.2 Å². The van der Waals surface area contributed by atoms with E-state index in [1.54, 1.807) is 0 Å². The summed E-state index contributed by atoms with van der Waals surface area (Å²) in [5, 5.41) is 0. The van der Waals surface area contributed by atoms with Crippen molar-refractivity contribution in [2.75, 3.05) is 0 Å². The molecule has 0 fully saturated rings. The van der Waals surface area contributed by atoms with Crippen LogP contribution in [0.5, 0.6) is 0 Å². The molecule has 0 unspecified atom stereocenters. The minimum absolute atomic E-state index is 0. The van der Waals surface area contributed by atoms with Gasteiger partial charge in [-0.15, -0.1) is 0 Å². The molecule has 0 aliphatic carbocycles. The van der Waals surface area contributed by atoms with Gasteiger partial charge in [-0.05, 0) is 0 Å². The van der Waals surface area contributed by atoms with Gasteiger partial charge >= 0.3 is 23.1 Å². The summed E-state index contributed by atoms with van der Waals surface area (Å²) in [7, 11) is 0. The average Bonchev–Trinajstić information content (AvgIpc) is 0. The fraction of sp³-hybridized carbons (Fsp3) is 0. The average molecular weight is 164 g/mol. The summed E-state index contributed by atoms with van der Waals surface area (Å²) in [4.78, 5) is 0. The van der Waals surface area contributed by atoms with Crippen LogP contribution in [0.1, 0.15) is 2.85 Å². The van der Waals surface area contributed by atoms with E-state index in [4.69, 9.17) is 0 Å². The Balaban J connectivity index is 0. The van der Waals surface area contributed by atoms with E-state index >= 15 is 0 Å². The van der Waals surface area contributed by atoms with E-state index in [2.05, 4.69) is 0 Å². The molecule has 0 aromatic carbocycles. The van der Waals surface area contributed by atoms with Crippen molar-refractivity contribution >= 4 is 40.4 Å². The molecular formula is H2AlMgScZn. The van der Waals surface area contributed by atoms with Crippen molar-refractivity contribution in [3.05, 3.63) is 0 Å². The quantitative estimate of drug-likeness (QED) is 0.421. The molecule has 0 aliphatic rings. The topological polar surface area (TPSA) is 0 Å². The predicted octanol–water partition coefficient (Wildman–Crippen LogP) is -0.542. The van der Waals surface area contributed by atoms with Crippen molar-refractivity contribution in [2.24, 2.45) is 0 Å². The predicted molar refractivity (Wildman–Crippen MR) is 13.7 cm³/mol. The van der Waals surface area contributed by atoms with Gasteiger partial charge in [0.05, 0.1) is 0 Å². The van der Waals surface area contributed by atoms with Crippen LogP contribution in [-0.4, -0.2) is 40.4 Å². The SMILES string of the molecule is [Al].[H-].[H-].[Mg+2].[Sc].[Zn]. The Morgan fingerprint density at radius 2 is 1.25 bits per heavy atom. The third-order valence-electron chi connectivity index (χ3n) is 0. The molecule has 0 bridgehead atoms. The van der Waals surface area contributed by atoms with Gasteiger partial charge in [0.1, 0.15) is 0 Å². The summed E-state index contributed by atoms with van der Waals surface area (Å²) in [6.07, 6.45) is 0. The van der Waals surface area contributed by atoms with Crippen LogP contribution in [0.3, 0.4) is 0 Å². The molecule has 0 heterocycles. The van der Waals surface area contributed by atoms with Crippen LogP contribution in [0.4, 0.5) is 0 Å². The second kappa shape index (κ2) is 17.1. The number of rotatable bonds is 0. The van der Waals surface area contributed by atoms with Gasteiger partial charge in [-0.1, -0.05) is 0 Å². The maximum absolute atomic E-state index is 0. The van der Waals surface area contributed by atoms with Gasteiger partial charge in [0, 0.05) is 62.7 Å². The maximum atomic E-state index is 0. The first-order valence-electron chi connectivity index (χ1n) is 0. The Hall–Kier alpha value is 2.79. The summed E-state index contributed by atoms with van der Waals surface area (Å²) in [5.41, 5.74) is 0. The van der Waals surface area contributed by atoms with Crippen LogP contribution in [-0.2, 0) is 45.3 Å². The summed E-state index contributed by atoms with van der Waals surface area (Å²) < 4.78 is 0. The van der Waals surface area contributed by atoms with Crippen LogP contribution in [0.2, 0.25) is 0 Å². The van der Waals surface area contributed by atoms with Gasteiger partial charge in [0.25, 0.3) is 0 Å². The fourth-order valence-corrected chi connectivity index (χ4v) is 0. The van der Waals surface area contributed by atoms with E-state index in [1.807, 2.05) is 0 Å². The third-order valence-corrected chi connectivity index (χ3v) is 0. The molecule has 4 heavy (non-hydrogen) atoms. The fourth-order valence-electron chi connectivity index (χ4n) is 0. The number of hydrogen-bond donors (Lipinski definition) is 0. The Bertz CT molecular complexity index is 13.5. The van der Waals surface area contributed by atoms with E-state index in [0.717, 1.165) is 0 Å². The normalized spacial score (nSPS) is 0. The summed E-state index contributed by atoms with van der Waals surface area (Å²) >= 11 is 0. The van der Waals surface area contributed by atoms with Gasteiger partial charge in [-0.25, -0.2) is 0 Å². The van der Waals surface area contributed by atoms with Crippen LogP contribution < -0.4 is 0 Å². The standard InChI is InChI=1S/Al.Mg.Sc.Zn.2H/q;+2;;;2*-1. The Labute approximate surface area is 87.3 Å². The van der Waals surface area contributed by atoms with E-state index in [-0.39, 0.29) is 88.6 Å². The van der Waals surface area contributed by atoms with Gasteiger partial charge < -0.3 is 2.85 Å². The van der Waals surface area contributed by atoms with Gasteiger partial charge in [0.15, 0.2) is 0 Å². The first-order valence-corrected chi connectivity index (χ1v) is 0.